The molecule has 0 radical (unpaired) electrons. The van der Waals surface area contributed by atoms with Crippen LogP contribution < -0.4 is 5.32 Å². The van der Waals surface area contributed by atoms with Gasteiger partial charge in [0.05, 0.1) is 0 Å². The van der Waals surface area contributed by atoms with Crippen LogP contribution in [-0.2, 0) is 0 Å². The van der Waals surface area contributed by atoms with E-state index in [-0.39, 0.29) is 5.56 Å². The smallest absolute Gasteiger partial charge is 0.339 e. The molecular weight excluding hydrogens is 226 g/mol. The van der Waals surface area contributed by atoms with Gasteiger partial charge in [0.25, 0.3) is 0 Å². The monoisotopic (exact) mass is 239 g/mol. The molecule has 0 saturated heterocycles. The van der Waals surface area contributed by atoms with Gasteiger partial charge in [0.1, 0.15) is 10.6 Å². The highest BCUT2D eigenvalue weighted by molar-refractivity contribution is 7.98. The zero-order valence-electron chi connectivity index (χ0n) is 8.93. The fraction of sp³-hybridized carbons (Fsp3) is 0.500. The maximum Gasteiger partial charge on any atom is 0.339 e. The van der Waals surface area contributed by atoms with E-state index in [1.807, 2.05) is 6.26 Å². The van der Waals surface area contributed by atoms with Gasteiger partial charge in [-0.1, -0.05) is 0 Å². The van der Waals surface area contributed by atoms with Crippen LogP contribution >= 0.6 is 11.8 Å². The molecule has 0 amide bonds. The second-order valence-electron chi connectivity index (χ2n) is 3.73. The summed E-state index contributed by atoms with van der Waals surface area (Å²) in [5.41, 5.74) is 0.200. The van der Waals surface area contributed by atoms with Crippen LogP contribution in [0, 0.1) is 0 Å². The second kappa shape index (κ2) is 4.69. The molecule has 0 atom stereocenters. The van der Waals surface area contributed by atoms with E-state index in [0.717, 1.165) is 12.8 Å². The highest BCUT2D eigenvalue weighted by atomic mass is 32.2. The normalized spacial score (nSPS) is 15.6. The van der Waals surface area contributed by atoms with Crippen LogP contribution in [0.5, 0.6) is 0 Å². The summed E-state index contributed by atoms with van der Waals surface area (Å²) in [6, 6.07) is 1.91. The molecule has 0 unspecified atom stereocenters. The van der Waals surface area contributed by atoms with Crippen LogP contribution in [0.3, 0.4) is 0 Å². The molecule has 5 nitrogen and oxygen atoms in total. The highest BCUT2D eigenvalue weighted by Gasteiger charge is 2.21. The van der Waals surface area contributed by atoms with Crippen LogP contribution in [0.2, 0.25) is 0 Å². The zero-order chi connectivity index (χ0) is 11.5. The molecule has 16 heavy (non-hydrogen) atoms. The van der Waals surface area contributed by atoms with E-state index in [1.54, 1.807) is 6.07 Å². The molecule has 1 aromatic heterocycles. The van der Waals surface area contributed by atoms with Gasteiger partial charge >= 0.3 is 5.97 Å². The summed E-state index contributed by atoms with van der Waals surface area (Å²) in [7, 11) is 0. The number of carboxylic acids is 1. The van der Waals surface area contributed by atoms with Gasteiger partial charge < -0.3 is 10.4 Å². The van der Waals surface area contributed by atoms with Crippen LogP contribution in [0.4, 0.5) is 5.82 Å². The predicted octanol–water partition coefficient (Wildman–Crippen LogP) is 1.86. The van der Waals surface area contributed by atoms with Gasteiger partial charge in [-0.2, -0.15) is 0 Å². The van der Waals surface area contributed by atoms with Crippen LogP contribution in [0.15, 0.2) is 11.1 Å². The average molecular weight is 239 g/mol. The van der Waals surface area contributed by atoms with Gasteiger partial charge in [-0.3, -0.25) is 0 Å². The maximum atomic E-state index is 11.1. The van der Waals surface area contributed by atoms with E-state index < -0.39 is 5.97 Å². The van der Waals surface area contributed by atoms with Crippen molar-refractivity contribution < 1.29 is 9.90 Å². The molecule has 1 aliphatic rings. The van der Waals surface area contributed by atoms with Crippen molar-refractivity contribution in [1.82, 2.24) is 10.2 Å². The Balaban J connectivity index is 2.24. The number of rotatable bonds is 4. The predicted molar refractivity (Wildman–Crippen MR) is 62.0 cm³/mol. The number of nitrogens with one attached hydrogen (secondary N) is 1. The van der Waals surface area contributed by atoms with Crippen LogP contribution in [-0.4, -0.2) is 33.6 Å². The Labute approximate surface area is 97.7 Å². The number of thioether (sulfide) groups is 1. The second-order valence-corrected chi connectivity index (χ2v) is 4.55. The lowest BCUT2D eigenvalue weighted by Gasteiger charge is -2.27. The summed E-state index contributed by atoms with van der Waals surface area (Å²) in [6.07, 6.45) is 5.18. The molecule has 2 rings (SSSR count). The number of carbonyl (C=O) groups is 1. The lowest BCUT2D eigenvalue weighted by Crippen LogP contribution is -2.28. The van der Waals surface area contributed by atoms with Crippen molar-refractivity contribution in [2.45, 2.75) is 30.3 Å². The topological polar surface area (TPSA) is 75.1 Å². The molecule has 1 saturated carbocycles. The third-order valence-corrected chi connectivity index (χ3v) is 3.27. The van der Waals surface area contributed by atoms with Crippen molar-refractivity contribution in [3.05, 3.63) is 11.6 Å². The first kappa shape index (κ1) is 11.2. The van der Waals surface area contributed by atoms with E-state index in [4.69, 9.17) is 5.11 Å². The van der Waals surface area contributed by atoms with Gasteiger partial charge in [-0.05, 0) is 31.6 Å². The molecule has 1 aromatic rings. The Kier molecular flexibility index (Phi) is 3.28. The number of aromatic nitrogens is 2. The Morgan fingerprint density at radius 2 is 2.31 bits per heavy atom. The fourth-order valence-corrected chi connectivity index (χ4v) is 1.85. The Bertz CT molecular complexity index is 407. The lowest BCUT2D eigenvalue weighted by atomic mass is 9.93. The first-order valence-corrected chi connectivity index (χ1v) is 6.34. The standard InChI is InChI=1S/C10H13N3O2S/c1-16-8-5-7(10(14)15)9(13-12-8)11-6-3-2-4-6/h5-6H,2-4H2,1H3,(H,11,13)(H,14,15). The number of carboxylic acid groups (broad SMARTS) is 1. The molecule has 0 spiro atoms. The largest absolute Gasteiger partial charge is 0.478 e. The third kappa shape index (κ3) is 2.27. The van der Waals surface area contributed by atoms with E-state index in [1.165, 1.54) is 18.2 Å². The van der Waals surface area contributed by atoms with Crippen LogP contribution in [0.25, 0.3) is 0 Å². The van der Waals surface area contributed by atoms with Gasteiger partial charge in [0.2, 0.25) is 0 Å². The van der Waals surface area contributed by atoms with E-state index in [9.17, 15) is 4.79 Å². The molecule has 1 heterocycles. The highest BCUT2D eigenvalue weighted by Crippen LogP contribution is 2.25. The van der Waals surface area contributed by atoms with Gasteiger partial charge in [0.15, 0.2) is 5.82 Å². The Morgan fingerprint density at radius 1 is 1.56 bits per heavy atom. The molecule has 1 aliphatic carbocycles. The van der Waals surface area contributed by atoms with Gasteiger partial charge in [0, 0.05) is 6.04 Å². The number of nitrogens with zero attached hydrogens (tertiary/aromatic N) is 2. The Hall–Kier alpha value is -1.30. The van der Waals surface area contributed by atoms with E-state index in [2.05, 4.69) is 15.5 Å². The number of anilines is 1. The van der Waals surface area contributed by atoms with Crippen molar-refractivity contribution in [3.63, 3.8) is 0 Å². The minimum Gasteiger partial charge on any atom is -0.478 e. The van der Waals surface area contributed by atoms with Gasteiger partial charge in [-0.15, -0.1) is 22.0 Å². The zero-order valence-corrected chi connectivity index (χ0v) is 9.75. The number of hydrogen-bond acceptors (Lipinski definition) is 5. The van der Waals surface area contributed by atoms with Crippen molar-refractivity contribution in [3.8, 4) is 0 Å². The summed E-state index contributed by atoms with van der Waals surface area (Å²) < 4.78 is 0. The number of hydrogen-bond donors (Lipinski definition) is 2. The Morgan fingerprint density at radius 3 is 2.81 bits per heavy atom. The van der Waals surface area contributed by atoms with Crippen LogP contribution in [0.1, 0.15) is 29.6 Å². The minimum atomic E-state index is -0.966. The molecule has 6 heteroatoms. The SMILES string of the molecule is CSc1cc(C(=O)O)c(NC2CCC2)nn1. The lowest BCUT2D eigenvalue weighted by molar-refractivity contribution is 0.0697. The fourth-order valence-electron chi connectivity index (χ4n) is 1.49. The maximum absolute atomic E-state index is 11.1. The molecular formula is C10H13N3O2S. The molecule has 0 aliphatic heterocycles. The number of aromatic carboxylic acids is 1. The molecule has 1 fully saturated rings. The summed E-state index contributed by atoms with van der Waals surface area (Å²) >= 11 is 1.38. The van der Waals surface area contributed by atoms with E-state index >= 15 is 0 Å². The first-order chi connectivity index (χ1) is 7.70. The summed E-state index contributed by atoms with van der Waals surface area (Å²) in [6.45, 7) is 0. The quantitative estimate of drug-likeness (QED) is 0.781. The van der Waals surface area contributed by atoms with Crippen molar-refractivity contribution in [1.29, 1.82) is 0 Å². The summed E-state index contributed by atoms with van der Waals surface area (Å²) in [5.74, 6) is -0.581. The molecule has 0 aromatic carbocycles. The van der Waals surface area contributed by atoms with Crippen molar-refractivity contribution >= 4 is 23.5 Å². The average Bonchev–Trinajstić information content (AvgIpc) is 2.23. The summed E-state index contributed by atoms with van der Waals surface area (Å²) in [5, 5.41) is 20.7. The summed E-state index contributed by atoms with van der Waals surface area (Å²) in [4.78, 5) is 11.1. The first-order valence-electron chi connectivity index (χ1n) is 5.12. The third-order valence-electron chi connectivity index (χ3n) is 2.66. The molecule has 2 N–H and O–H groups in total. The van der Waals surface area contributed by atoms with Gasteiger partial charge in [-0.25, -0.2) is 4.79 Å². The molecule has 86 valence electrons. The van der Waals surface area contributed by atoms with Crippen molar-refractivity contribution in [2.75, 3.05) is 11.6 Å². The van der Waals surface area contributed by atoms with Crippen molar-refractivity contribution in [2.24, 2.45) is 0 Å². The van der Waals surface area contributed by atoms with E-state index in [0.29, 0.717) is 16.9 Å². The minimum absolute atomic E-state index is 0.200. The molecule has 0 bridgehead atoms.